The molecule has 0 aliphatic carbocycles. The largest absolute Gasteiger partial charge is 0.507 e. The number of aryl methyl sites for hydroxylation is 1. The number of ether oxygens (including phenoxy) is 1. The molecule has 1 fully saturated rings. The number of Topliss-reactive ketones (excluding diaryl/α,β-unsaturated/α-hetero) is 1. The summed E-state index contributed by atoms with van der Waals surface area (Å²) in [6.45, 7) is 5.62. The maximum Gasteiger partial charge on any atom is 0.301 e. The molecule has 1 N–H and O–H groups in total. The second-order valence-corrected chi connectivity index (χ2v) is 8.53. The number of hydrogen-bond donors (Lipinski definition) is 1. The van der Waals surface area contributed by atoms with E-state index in [1.54, 1.807) is 31.2 Å². The van der Waals surface area contributed by atoms with Crippen molar-refractivity contribution in [2.75, 3.05) is 4.90 Å². The van der Waals surface area contributed by atoms with E-state index in [9.17, 15) is 14.7 Å². The molecule has 1 aliphatic rings. The number of anilines is 1. The van der Waals surface area contributed by atoms with Gasteiger partial charge in [-0.3, -0.25) is 14.5 Å². The molecule has 7 nitrogen and oxygen atoms in total. The molecule has 1 aromatic heterocycles. The lowest BCUT2D eigenvalue weighted by atomic mass is 9.95. The van der Waals surface area contributed by atoms with Crippen molar-refractivity contribution in [2.45, 2.75) is 32.9 Å². The Kier molecular flexibility index (Phi) is 5.56. The Hall–Kier alpha value is -3.52. The van der Waals surface area contributed by atoms with Crippen LogP contribution in [-0.4, -0.2) is 33.1 Å². The fraction of sp³-hybridized carbons (Fsp3) is 0.217. The van der Waals surface area contributed by atoms with Gasteiger partial charge in [0.1, 0.15) is 16.5 Å². The van der Waals surface area contributed by atoms with Gasteiger partial charge in [-0.15, -0.1) is 10.2 Å². The number of ketones is 1. The van der Waals surface area contributed by atoms with Crippen LogP contribution in [0.1, 0.15) is 36.0 Å². The molecule has 0 radical (unpaired) electrons. The molecule has 31 heavy (non-hydrogen) atoms. The summed E-state index contributed by atoms with van der Waals surface area (Å²) in [6, 6.07) is 15.1. The first-order chi connectivity index (χ1) is 14.9. The molecular formula is C23H21N3O4S. The highest BCUT2D eigenvalue weighted by Gasteiger charge is 2.48. The molecule has 2 aromatic carbocycles. The molecule has 1 aliphatic heterocycles. The lowest BCUT2D eigenvalue weighted by Gasteiger charge is -2.22. The van der Waals surface area contributed by atoms with Crippen molar-refractivity contribution in [3.05, 3.63) is 76.3 Å². The molecule has 8 heteroatoms. The normalized spacial score (nSPS) is 18.1. The molecule has 1 unspecified atom stereocenters. The van der Waals surface area contributed by atoms with Gasteiger partial charge in [0.05, 0.1) is 17.7 Å². The van der Waals surface area contributed by atoms with Crippen LogP contribution in [0, 0.1) is 6.92 Å². The molecule has 1 saturated heterocycles. The fourth-order valence-corrected chi connectivity index (χ4v) is 4.20. The van der Waals surface area contributed by atoms with Gasteiger partial charge in [0.25, 0.3) is 5.78 Å². The maximum absolute atomic E-state index is 13.0. The summed E-state index contributed by atoms with van der Waals surface area (Å²) in [7, 11) is 0. The van der Waals surface area contributed by atoms with Gasteiger partial charge in [-0.05, 0) is 50.6 Å². The summed E-state index contributed by atoms with van der Waals surface area (Å²) >= 11 is 1.22. The smallest absolute Gasteiger partial charge is 0.301 e. The molecule has 0 spiro atoms. The van der Waals surface area contributed by atoms with E-state index in [4.69, 9.17) is 4.74 Å². The number of nitrogens with zero attached hydrogens (tertiary/aromatic N) is 3. The molecule has 3 aromatic rings. The number of aliphatic hydroxyl groups excluding tert-OH is 1. The number of amides is 1. The summed E-state index contributed by atoms with van der Waals surface area (Å²) in [5, 5.41) is 20.1. The molecule has 158 valence electrons. The van der Waals surface area contributed by atoms with Gasteiger partial charge >= 0.3 is 5.91 Å². The number of carbonyl (C=O) groups excluding carboxylic acids is 2. The predicted molar refractivity (Wildman–Crippen MR) is 118 cm³/mol. The first kappa shape index (κ1) is 20.7. The molecule has 0 bridgehead atoms. The molecule has 2 heterocycles. The molecule has 4 rings (SSSR count). The highest BCUT2D eigenvalue weighted by Crippen LogP contribution is 2.42. The number of aliphatic hydroxyl groups is 1. The number of benzene rings is 2. The van der Waals surface area contributed by atoms with Crippen molar-refractivity contribution in [2.24, 2.45) is 0 Å². The van der Waals surface area contributed by atoms with Crippen molar-refractivity contribution >= 4 is 33.9 Å². The Balaban J connectivity index is 1.84. The minimum atomic E-state index is -0.805. The second kappa shape index (κ2) is 8.31. The topological polar surface area (TPSA) is 92.6 Å². The fourth-order valence-electron chi connectivity index (χ4n) is 3.48. The van der Waals surface area contributed by atoms with Gasteiger partial charge in [-0.2, -0.15) is 0 Å². The number of hydrogen-bond acceptors (Lipinski definition) is 7. The zero-order valence-corrected chi connectivity index (χ0v) is 18.1. The van der Waals surface area contributed by atoms with Crippen LogP contribution in [0.5, 0.6) is 5.75 Å². The third-order valence-corrected chi connectivity index (χ3v) is 5.62. The van der Waals surface area contributed by atoms with Crippen molar-refractivity contribution < 1.29 is 19.4 Å². The van der Waals surface area contributed by atoms with Crippen LogP contribution in [0.3, 0.4) is 0 Å². The first-order valence-corrected chi connectivity index (χ1v) is 10.6. The van der Waals surface area contributed by atoms with Gasteiger partial charge in [0, 0.05) is 5.56 Å². The van der Waals surface area contributed by atoms with Gasteiger partial charge in [-0.25, -0.2) is 0 Å². The molecule has 1 atom stereocenters. The predicted octanol–water partition coefficient (Wildman–Crippen LogP) is 4.26. The molecule has 1 amide bonds. The van der Waals surface area contributed by atoms with Crippen LogP contribution >= 0.6 is 11.3 Å². The minimum Gasteiger partial charge on any atom is -0.507 e. The second-order valence-electron chi connectivity index (χ2n) is 7.37. The van der Waals surface area contributed by atoms with Crippen molar-refractivity contribution in [3.8, 4) is 5.75 Å². The van der Waals surface area contributed by atoms with Crippen LogP contribution in [0.15, 0.2) is 60.2 Å². The van der Waals surface area contributed by atoms with Crippen LogP contribution in [0.4, 0.5) is 5.13 Å². The lowest BCUT2D eigenvalue weighted by molar-refractivity contribution is -0.132. The van der Waals surface area contributed by atoms with Crippen LogP contribution in [0.2, 0.25) is 0 Å². The Morgan fingerprint density at radius 2 is 1.74 bits per heavy atom. The quantitative estimate of drug-likeness (QED) is 0.366. The average Bonchev–Trinajstić information content (AvgIpc) is 3.29. The first-order valence-electron chi connectivity index (χ1n) is 9.80. The summed E-state index contributed by atoms with van der Waals surface area (Å²) in [5.74, 6) is -1.10. The Morgan fingerprint density at radius 3 is 2.32 bits per heavy atom. The Labute approximate surface area is 183 Å². The standard InChI is InChI=1S/C23H21N3O4S/c1-13(2)30-17-11-9-16(10-12-17)20(27)18-19(15-7-5-4-6-8-15)26(22(29)21(18)28)23-25-24-14(3)31-23/h4-13,19,27H,1-3H3/b20-18-. The Morgan fingerprint density at radius 1 is 1.06 bits per heavy atom. The van der Waals surface area contributed by atoms with E-state index in [0.29, 0.717) is 27.0 Å². The van der Waals surface area contributed by atoms with Crippen LogP contribution < -0.4 is 9.64 Å². The van der Waals surface area contributed by atoms with Gasteiger partial charge < -0.3 is 9.84 Å². The number of carbonyl (C=O) groups is 2. The highest BCUT2D eigenvalue weighted by molar-refractivity contribution is 7.15. The van der Waals surface area contributed by atoms with Gasteiger partial charge in [-0.1, -0.05) is 41.7 Å². The molecule has 0 saturated carbocycles. The van der Waals surface area contributed by atoms with Crippen molar-refractivity contribution in [1.82, 2.24) is 10.2 Å². The van der Waals surface area contributed by atoms with Crippen LogP contribution in [-0.2, 0) is 9.59 Å². The lowest BCUT2D eigenvalue weighted by Crippen LogP contribution is -2.29. The maximum atomic E-state index is 13.0. The third-order valence-electron chi connectivity index (χ3n) is 4.78. The molecular weight excluding hydrogens is 414 g/mol. The zero-order valence-electron chi connectivity index (χ0n) is 17.3. The number of rotatable bonds is 5. The minimum absolute atomic E-state index is 0.0122. The highest BCUT2D eigenvalue weighted by atomic mass is 32.1. The van der Waals surface area contributed by atoms with E-state index < -0.39 is 17.7 Å². The van der Waals surface area contributed by atoms with E-state index in [-0.39, 0.29) is 17.4 Å². The average molecular weight is 436 g/mol. The summed E-state index contributed by atoms with van der Waals surface area (Å²) < 4.78 is 5.64. The van der Waals surface area contributed by atoms with Gasteiger partial charge in [0.15, 0.2) is 0 Å². The van der Waals surface area contributed by atoms with Crippen LogP contribution in [0.25, 0.3) is 5.76 Å². The van der Waals surface area contributed by atoms with E-state index in [1.165, 1.54) is 16.2 Å². The third kappa shape index (κ3) is 3.94. The van der Waals surface area contributed by atoms with Crippen molar-refractivity contribution in [1.29, 1.82) is 0 Å². The number of aromatic nitrogens is 2. The summed E-state index contributed by atoms with van der Waals surface area (Å²) in [5.41, 5.74) is 1.13. The van der Waals surface area contributed by atoms with E-state index in [2.05, 4.69) is 10.2 Å². The monoisotopic (exact) mass is 435 g/mol. The Bertz CT molecular complexity index is 1150. The van der Waals surface area contributed by atoms with E-state index in [1.807, 2.05) is 44.2 Å². The summed E-state index contributed by atoms with van der Waals surface area (Å²) in [4.78, 5) is 27.3. The van der Waals surface area contributed by atoms with Gasteiger partial charge in [0.2, 0.25) is 5.13 Å². The zero-order chi connectivity index (χ0) is 22.1. The summed E-state index contributed by atoms with van der Waals surface area (Å²) in [6.07, 6.45) is 0.0122. The SMILES string of the molecule is Cc1nnc(N2C(=O)C(=O)/C(=C(\O)c3ccc(OC(C)C)cc3)C2c2ccccc2)s1. The van der Waals surface area contributed by atoms with E-state index in [0.717, 1.165) is 0 Å². The van der Waals surface area contributed by atoms with Crippen molar-refractivity contribution in [3.63, 3.8) is 0 Å². The van der Waals surface area contributed by atoms with E-state index >= 15 is 0 Å².